The lowest BCUT2D eigenvalue weighted by atomic mass is 10.1. The summed E-state index contributed by atoms with van der Waals surface area (Å²) in [6.45, 7) is 0. The molecule has 214 valence electrons. The number of hydrogen-bond donors (Lipinski definition) is 0. The maximum Gasteiger partial charge on any atom is 0.0622 e. The average Bonchev–Trinajstić information content (AvgIpc) is 3.81. The minimum absolute atomic E-state index is 1.09. The van der Waals surface area contributed by atoms with Gasteiger partial charge in [0.15, 0.2) is 0 Å². The van der Waals surface area contributed by atoms with Crippen molar-refractivity contribution in [2.75, 3.05) is 0 Å². The topological polar surface area (TPSA) is 14.3 Å². The zero-order chi connectivity index (χ0) is 30.1. The van der Waals surface area contributed by atoms with Crippen molar-refractivity contribution >= 4 is 97.6 Å². The van der Waals surface area contributed by atoms with Crippen molar-refractivity contribution in [1.82, 2.24) is 13.5 Å². The van der Waals surface area contributed by atoms with E-state index in [1.54, 1.807) is 0 Å². The van der Waals surface area contributed by atoms with Gasteiger partial charge in [-0.3, -0.25) is 0 Å². The molecule has 0 atom stereocenters. The van der Waals surface area contributed by atoms with Gasteiger partial charge in [-0.2, -0.15) is 0 Å². The Kier molecular flexibility index (Phi) is 4.71. The molecule has 0 aliphatic heterocycles. The highest BCUT2D eigenvalue weighted by molar-refractivity contribution is 9.10. The summed E-state index contributed by atoms with van der Waals surface area (Å²) in [5.74, 6) is 0. The van der Waals surface area contributed by atoms with Gasteiger partial charge in [-0.15, -0.1) is 0 Å². The predicted molar refractivity (Wildman–Crippen MR) is 197 cm³/mol. The molecule has 0 aliphatic carbocycles. The quantitative estimate of drug-likeness (QED) is 0.177. The molecule has 7 aromatic carbocycles. The molecule has 0 radical (unpaired) electrons. The first-order valence-electron chi connectivity index (χ1n) is 15.6. The average molecular weight is 651 g/mol. The minimum Gasteiger partial charge on any atom is -0.309 e. The van der Waals surface area contributed by atoms with Crippen LogP contribution in [-0.2, 0) is 0 Å². The molecule has 0 bridgehead atoms. The molecule has 0 saturated carbocycles. The van der Waals surface area contributed by atoms with Crippen LogP contribution < -0.4 is 0 Å². The van der Waals surface area contributed by atoms with Crippen LogP contribution in [0.5, 0.6) is 0 Å². The minimum atomic E-state index is 1.09. The van der Waals surface area contributed by atoms with E-state index in [2.05, 4.69) is 175 Å². The van der Waals surface area contributed by atoms with Crippen LogP contribution >= 0.6 is 15.9 Å². The molecule has 4 heteroatoms. The largest absolute Gasteiger partial charge is 0.309 e. The van der Waals surface area contributed by atoms with Gasteiger partial charge in [-0.05, 0) is 72.8 Å². The van der Waals surface area contributed by atoms with Gasteiger partial charge in [0.05, 0.1) is 38.6 Å². The maximum absolute atomic E-state index is 3.77. The first kappa shape index (κ1) is 24.7. The third-order valence-electron chi connectivity index (χ3n) is 10.00. The van der Waals surface area contributed by atoms with Crippen LogP contribution in [0.1, 0.15) is 0 Å². The Morgan fingerprint density at radius 2 is 0.739 bits per heavy atom. The molecule has 46 heavy (non-hydrogen) atoms. The molecule has 3 nitrogen and oxygen atoms in total. The van der Waals surface area contributed by atoms with Gasteiger partial charge in [0.1, 0.15) is 0 Å². The first-order valence-corrected chi connectivity index (χ1v) is 16.4. The number of halogens is 1. The van der Waals surface area contributed by atoms with Gasteiger partial charge in [-0.25, -0.2) is 0 Å². The molecule has 0 unspecified atom stereocenters. The molecule has 4 heterocycles. The highest BCUT2D eigenvalue weighted by Gasteiger charge is 2.22. The summed E-state index contributed by atoms with van der Waals surface area (Å²) < 4.78 is 8.41. The number of para-hydroxylation sites is 4. The molecule has 0 aliphatic rings. The van der Waals surface area contributed by atoms with Crippen molar-refractivity contribution in [1.29, 1.82) is 0 Å². The molecule has 0 amide bonds. The van der Waals surface area contributed by atoms with E-state index in [0.29, 0.717) is 0 Å². The third kappa shape index (κ3) is 3.07. The molecule has 0 saturated heterocycles. The SMILES string of the molecule is Brc1ccc2c(c1)c1cc(-n3c4ccccc4c4ccccc43)cc3c4cc(-n5c6ccccc6c6ccccc65)ccc4n2c13. The molecule has 0 fully saturated rings. The fourth-order valence-electron chi connectivity index (χ4n) is 8.16. The summed E-state index contributed by atoms with van der Waals surface area (Å²) in [5.41, 5.74) is 10.9. The lowest BCUT2D eigenvalue weighted by Crippen LogP contribution is -1.94. The van der Waals surface area contributed by atoms with Gasteiger partial charge >= 0.3 is 0 Å². The summed E-state index contributed by atoms with van der Waals surface area (Å²) in [4.78, 5) is 0. The van der Waals surface area contributed by atoms with Gasteiger partial charge in [-0.1, -0.05) is 88.7 Å². The Bertz CT molecular complexity index is 2940. The van der Waals surface area contributed by atoms with Crippen LogP contribution in [-0.4, -0.2) is 13.5 Å². The summed E-state index contributed by atoms with van der Waals surface area (Å²) in [7, 11) is 0. The number of fused-ring (bicyclic) bond motifs is 12. The summed E-state index contributed by atoms with van der Waals surface area (Å²) in [5, 5.41) is 10.1. The van der Waals surface area contributed by atoms with E-state index in [1.807, 2.05) is 0 Å². The normalized spacial score (nSPS) is 12.5. The first-order chi connectivity index (χ1) is 22.7. The van der Waals surface area contributed by atoms with E-state index in [0.717, 1.165) is 4.47 Å². The van der Waals surface area contributed by atoms with Gasteiger partial charge in [0.2, 0.25) is 0 Å². The van der Waals surface area contributed by atoms with E-state index >= 15 is 0 Å². The number of aromatic nitrogens is 3. The third-order valence-corrected chi connectivity index (χ3v) is 10.5. The predicted octanol–water partition coefficient (Wildman–Crippen LogP) is 11.8. The standard InChI is InChI=1S/C42H24BrN3/c43-25-17-19-40-32(21-25)34-23-27(45-38-15-7-3-11-30(38)31-12-4-8-16-39(31)45)24-35-33-22-26(18-20-41(33)46(40)42(34)35)44-36-13-5-1-9-28(36)29-10-2-6-14-37(29)44/h1-24H. The molecule has 11 rings (SSSR count). The Morgan fingerprint density at radius 3 is 1.26 bits per heavy atom. The van der Waals surface area contributed by atoms with Crippen LogP contribution in [0.15, 0.2) is 150 Å². The van der Waals surface area contributed by atoms with Gasteiger partial charge < -0.3 is 13.5 Å². The van der Waals surface area contributed by atoms with E-state index in [9.17, 15) is 0 Å². The van der Waals surface area contributed by atoms with Crippen LogP contribution in [0.2, 0.25) is 0 Å². The number of rotatable bonds is 2. The second kappa shape index (κ2) is 8.78. The lowest BCUT2D eigenvalue weighted by molar-refractivity contribution is 1.18. The van der Waals surface area contributed by atoms with Crippen molar-refractivity contribution in [2.24, 2.45) is 0 Å². The number of benzene rings is 7. The zero-order valence-electron chi connectivity index (χ0n) is 24.6. The second-order valence-corrected chi connectivity index (χ2v) is 13.2. The fraction of sp³-hybridized carbons (Fsp3) is 0. The fourth-order valence-corrected chi connectivity index (χ4v) is 8.53. The Morgan fingerprint density at radius 1 is 0.326 bits per heavy atom. The Balaban J connectivity index is 1.30. The lowest BCUT2D eigenvalue weighted by Gasteiger charge is -2.10. The van der Waals surface area contributed by atoms with Crippen LogP contribution in [0, 0.1) is 0 Å². The van der Waals surface area contributed by atoms with E-state index in [-0.39, 0.29) is 0 Å². The molecule has 0 N–H and O–H groups in total. The number of hydrogen-bond acceptors (Lipinski definition) is 0. The maximum atomic E-state index is 3.77. The molecule has 11 aromatic rings. The number of nitrogens with zero attached hydrogens (tertiary/aromatic N) is 3. The highest BCUT2D eigenvalue weighted by atomic mass is 79.9. The monoisotopic (exact) mass is 649 g/mol. The van der Waals surface area contributed by atoms with Crippen molar-refractivity contribution < 1.29 is 0 Å². The van der Waals surface area contributed by atoms with Crippen LogP contribution in [0.25, 0.3) is 93.1 Å². The van der Waals surface area contributed by atoms with E-state index in [4.69, 9.17) is 0 Å². The van der Waals surface area contributed by atoms with Crippen molar-refractivity contribution in [3.8, 4) is 11.4 Å². The Hall–Kier alpha value is -5.58. The summed E-state index contributed by atoms with van der Waals surface area (Å²) >= 11 is 3.77. The zero-order valence-corrected chi connectivity index (χ0v) is 26.2. The van der Waals surface area contributed by atoms with Gasteiger partial charge in [0, 0.05) is 58.9 Å². The van der Waals surface area contributed by atoms with E-state index in [1.165, 1.54) is 93.1 Å². The summed E-state index contributed by atoms with van der Waals surface area (Å²) in [6.07, 6.45) is 0. The Labute approximate surface area is 271 Å². The highest BCUT2D eigenvalue weighted by Crippen LogP contribution is 2.44. The summed E-state index contributed by atoms with van der Waals surface area (Å²) in [6, 6.07) is 53.5. The molecule has 4 aromatic heterocycles. The van der Waals surface area contributed by atoms with Crippen LogP contribution in [0.3, 0.4) is 0 Å². The molecule has 0 spiro atoms. The van der Waals surface area contributed by atoms with Gasteiger partial charge in [0.25, 0.3) is 0 Å². The molecular weight excluding hydrogens is 626 g/mol. The van der Waals surface area contributed by atoms with Crippen LogP contribution in [0.4, 0.5) is 0 Å². The second-order valence-electron chi connectivity index (χ2n) is 12.3. The van der Waals surface area contributed by atoms with Crippen molar-refractivity contribution in [3.63, 3.8) is 0 Å². The molecular formula is C42H24BrN3. The van der Waals surface area contributed by atoms with E-state index < -0.39 is 0 Å². The van der Waals surface area contributed by atoms with Crippen molar-refractivity contribution in [3.05, 3.63) is 150 Å². The van der Waals surface area contributed by atoms with Crippen molar-refractivity contribution in [2.45, 2.75) is 0 Å². The smallest absolute Gasteiger partial charge is 0.0622 e.